The molecule has 192 valence electrons. The Balaban J connectivity index is 1.60. The molecule has 0 aromatic carbocycles. The summed E-state index contributed by atoms with van der Waals surface area (Å²) in [5.41, 5.74) is 22.7. The average Bonchev–Trinajstić information content (AvgIpc) is 3.50. The molecule has 2 aromatic heterocycles. The van der Waals surface area contributed by atoms with Gasteiger partial charge in [0.05, 0.1) is 0 Å². The van der Waals surface area contributed by atoms with E-state index in [-0.39, 0.29) is 11.8 Å². The first-order valence-corrected chi connectivity index (χ1v) is 12.4. The van der Waals surface area contributed by atoms with E-state index in [0.717, 1.165) is 30.9 Å². The van der Waals surface area contributed by atoms with Crippen LogP contribution in [0.15, 0.2) is 0 Å². The smallest absolute Gasteiger partial charge is 0.227 e. The topological polar surface area (TPSA) is 230 Å². The number of nitrogens with one attached hydrogen (secondary N) is 4. The fourth-order valence-electron chi connectivity index (χ4n) is 5.11. The first-order chi connectivity index (χ1) is 17.1. The van der Waals surface area contributed by atoms with E-state index in [1.807, 2.05) is 0 Å². The van der Waals surface area contributed by atoms with Crippen LogP contribution in [-0.2, 0) is 0 Å². The lowest BCUT2D eigenvalue weighted by Crippen LogP contribution is -2.25. The number of fused-ring (bicyclic) bond motifs is 2. The van der Waals surface area contributed by atoms with Gasteiger partial charge in [-0.3, -0.25) is 0 Å². The molecular weight excluding hydrogens is 448 g/mol. The van der Waals surface area contributed by atoms with E-state index in [9.17, 15) is 0 Å². The molecule has 4 rings (SSSR count). The van der Waals surface area contributed by atoms with E-state index >= 15 is 0 Å². The van der Waals surface area contributed by atoms with Crippen molar-refractivity contribution < 1.29 is 0 Å². The molecule has 0 aliphatic heterocycles. The molecule has 0 amide bonds. The molecule has 2 aliphatic rings. The zero-order chi connectivity index (χ0) is 24.6. The van der Waals surface area contributed by atoms with Gasteiger partial charge in [0.1, 0.15) is 11.6 Å². The summed E-state index contributed by atoms with van der Waals surface area (Å²) in [5, 5.41) is 12.8. The standard InChI is InChI=1S/C21H38N14/c22-1-5-26-18-30-16(31-19(34-18)27-6-2-23)14-10-12-9-13(14)15(11-12)17-32-20(28-7-3-24)35-21(33-17)29-8-4-25/h12-15H,1-11,22-25H2,(H2,26,27,30,31,34)(H2,28,29,32,33,35). The maximum Gasteiger partial charge on any atom is 0.227 e. The van der Waals surface area contributed by atoms with Crippen molar-refractivity contribution >= 4 is 23.8 Å². The van der Waals surface area contributed by atoms with Crippen molar-refractivity contribution in [2.75, 3.05) is 73.6 Å². The molecule has 0 spiro atoms. The Labute approximate surface area is 205 Å². The second-order valence-corrected chi connectivity index (χ2v) is 8.99. The lowest BCUT2D eigenvalue weighted by atomic mass is 9.79. The van der Waals surface area contributed by atoms with Crippen molar-refractivity contribution in [1.82, 2.24) is 29.9 Å². The van der Waals surface area contributed by atoms with E-state index in [4.69, 9.17) is 42.9 Å². The van der Waals surface area contributed by atoms with Crippen LogP contribution in [0, 0.1) is 11.8 Å². The fraction of sp³-hybridized carbons (Fsp3) is 0.714. The Bertz CT molecular complexity index is 830. The molecule has 14 heteroatoms. The zero-order valence-corrected chi connectivity index (χ0v) is 20.1. The predicted octanol–water partition coefficient (Wildman–Crippen LogP) is -1.16. The van der Waals surface area contributed by atoms with Gasteiger partial charge in [-0.25, -0.2) is 0 Å². The molecule has 2 unspecified atom stereocenters. The van der Waals surface area contributed by atoms with Crippen LogP contribution in [0.25, 0.3) is 0 Å². The fourth-order valence-corrected chi connectivity index (χ4v) is 5.11. The van der Waals surface area contributed by atoms with Gasteiger partial charge in [-0.05, 0) is 31.1 Å². The largest absolute Gasteiger partial charge is 0.353 e. The molecule has 0 radical (unpaired) electrons. The van der Waals surface area contributed by atoms with E-state index in [0.29, 0.717) is 88.0 Å². The Morgan fingerprint density at radius 1 is 0.514 bits per heavy atom. The van der Waals surface area contributed by atoms with E-state index in [2.05, 4.69) is 31.2 Å². The van der Waals surface area contributed by atoms with Crippen LogP contribution in [-0.4, -0.2) is 82.3 Å². The van der Waals surface area contributed by atoms with Crippen LogP contribution in [0.1, 0.15) is 42.7 Å². The van der Waals surface area contributed by atoms with Gasteiger partial charge in [0.2, 0.25) is 23.8 Å². The Morgan fingerprint density at radius 3 is 1.14 bits per heavy atom. The van der Waals surface area contributed by atoms with Crippen molar-refractivity contribution in [1.29, 1.82) is 0 Å². The molecular formula is C21H38N14. The third-order valence-electron chi connectivity index (χ3n) is 6.49. The Morgan fingerprint density at radius 2 is 0.857 bits per heavy atom. The van der Waals surface area contributed by atoms with Gasteiger partial charge in [0.15, 0.2) is 0 Å². The molecule has 2 heterocycles. The summed E-state index contributed by atoms with van der Waals surface area (Å²) < 4.78 is 0. The van der Waals surface area contributed by atoms with E-state index in [1.165, 1.54) is 0 Å². The van der Waals surface area contributed by atoms with Crippen LogP contribution in [0.5, 0.6) is 0 Å². The van der Waals surface area contributed by atoms with Gasteiger partial charge in [0, 0.05) is 64.2 Å². The lowest BCUT2D eigenvalue weighted by Gasteiger charge is -2.28. The molecule has 2 bridgehead atoms. The summed E-state index contributed by atoms with van der Waals surface area (Å²) in [6.45, 7) is 4.30. The van der Waals surface area contributed by atoms with Gasteiger partial charge in [-0.2, -0.15) is 29.9 Å². The van der Waals surface area contributed by atoms with Crippen molar-refractivity contribution in [3.05, 3.63) is 11.6 Å². The highest BCUT2D eigenvalue weighted by molar-refractivity contribution is 5.38. The molecule has 12 N–H and O–H groups in total. The van der Waals surface area contributed by atoms with Crippen molar-refractivity contribution in [2.24, 2.45) is 34.8 Å². The molecule has 2 aliphatic carbocycles. The SMILES string of the molecule is NCCNc1nc(NCCN)nc(C2CC3CC(c4nc(NCCN)nc(NCCN)n4)C2C3)n1. The predicted molar refractivity (Wildman–Crippen MR) is 136 cm³/mol. The number of aromatic nitrogens is 6. The van der Waals surface area contributed by atoms with Gasteiger partial charge in [-0.1, -0.05) is 0 Å². The van der Waals surface area contributed by atoms with Crippen molar-refractivity contribution in [2.45, 2.75) is 31.1 Å². The number of rotatable bonds is 14. The summed E-state index contributed by atoms with van der Waals surface area (Å²) in [7, 11) is 0. The van der Waals surface area contributed by atoms with Gasteiger partial charge < -0.3 is 44.2 Å². The summed E-state index contributed by atoms with van der Waals surface area (Å²) >= 11 is 0. The highest BCUT2D eigenvalue weighted by atomic mass is 15.2. The quantitative estimate of drug-likeness (QED) is 0.157. The summed E-state index contributed by atoms with van der Waals surface area (Å²) in [5.74, 6) is 4.97. The lowest BCUT2D eigenvalue weighted by molar-refractivity contribution is 0.347. The maximum atomic E-state index is 5.66. The molecule has 35 heavy (non-hydrogen) atoms. The zero-order valence-electron chi connectivity index (χ0n) is 20.1. The number of anilines is 4. The number of nitrogens with zero attached hydrogens (tertiary/aromatic N) is 6. The normalized spacial score (nSPS) is 22.9. The van der Waals surface area contributed by atoms with Crippen LogP contribution in [0.3, 0.4) is 0 Å². The minimum atomic E-state index is 0.191. The first kappa shape index (κ1) is 25.2. The molecule has 2 aromatic rings. The van der Waals surface area contributed by atoms with Crippen LogP contribution < -0.4 is 44.2 Å². The van der Waals surface area contributed by atoms with Gasteiger partial charge >= 0.3 is 0 Å². The monoisotopic (exact) mass is 486 g/mol. The van der Waals surface area contributed by atoms with E-state index < -0.39 is 0 Å². The van der Waals surface area contributed by atoms with Crippen LogP contribution >= 0.6 is 0 Å². The highest BCUT2D eigenvalue weighted by Crippen LogP contribution is 2.58. The average molecular weight is 487 g/mol. The molecule has 2 fully saturated rings. The number of nitrogens with two attached hydrogens (primary N) is 4. The summed E-state index contributed by atoms with van der Waals surface area (Å²) in [6.07, 6.45) is 3.18. The maximum absolute atomic E-state index is 5.66. The number of hydrogen-bond acceptors (Lipinski definition) is 14. The molecule has 14 nitrogen and oxygen atoms in total. The van der Waals surface area contributed by atoms with Crippen LogP contribution in [0.2, 0.25) is 0 Å². The third-order valence-corrected chi connectivity index (χ3v) is 6.49. The van der Waals surface area contributed by atoms with E-state index in [1.54, 1.807) is 0 Å². The Kier molecular flexibility index (Phi) is 8.74. The summed E-state index contributed by atoms with van der Waals surface area (Å²) in [4.78, 5) is 28.0. The minimum Gasteiger partial charge on any atom is -0.353 e. The van der Waals surface area contributed by atoms with Gasteiger partial charge in [-0.15, -0.1) is 0 Å². The van der Waals surface area contributed by atoms with Crippen molar-refractivity contribution in [3.63, 3.8) is 0 Å². The Hall–Kier alpha value is -2.94. The summed E-state index contributed by atoms with van der Waals surface area (Å²) in [6, 6.07) is 0. The first-order valence-electron chi connectivity index (χ1n) is 12.4. The molecule has 2 atom stereocenters. The second-order valence-electron chi connectivity index (χ2n) is 8.99. The molecule has 2 saturated carbocycles. The van der Waals surface area contributed by atoms with Crippen LogP contribution in [0.4, 0.5) is 23.8 Å². The number of hydrogen-bond donors (Lipinski definition) is 8. The third kappa shape index (κ3) is 6.20. The van der Waals surface area contributed by atoms with Gasteiger partial charge in [0.25, 0.3) is 0 Å². The highest BCUT2D eigenvalue weighted by Gasteiger charge is 2.49. The molecule has 0 saturated heterocycles. The van der Waals surface area contributed by atoms with Crippen molar-refractivity contribution in [3.8, 4) is 0 Å². The second kappa shape index (κ2) is 12.2. The minimum absolute atomic E-state index is 0.191.